The van der Waals surface area contributed by atoms with E-state index in [1.165, 1.54) is 18.3 Å². The summed E-state index contributed by atoms with van der Waals surface area (Å²) < 4.78 is 11.3. The van der Waals surface area contributed by atoms with Gasteiger partial charge in [-0.3, -0.25) is 4.79 Å². The first-order valence-corrected chi connectivity index (χ1v) is 11.2. The molecule has 0 spiro atoms. The maximum absolute atomic E-state index is 11.5. The van der Waals surface area contributed by atoms with E-state index in [4.69, 9.17) is 14.6 Å². The van der Waals surface area contributed by atoms with E-state index in [0.29, 0.717) is 0 Å². The number of ether oxygens (including phenoxy) is 2. The standard InChI is InChI=1S/C23H23N5O3S/c1-12-7-16(5-6-19(12)24-14(3)29)22-18-10-21-20(30-11-31-21)9-17(18)8-13(2)28(27-22)23-26-25-15(4)32-23/h5-7,9-10,13H,8,11H2,1-4H3,(H,24,29)/t13-/m1/s1. The Morgan fingerprint density at radius 3 is 2.62 bits per heavy atom. The van der Waals surface area contributed by atoms with Crippen molar-refractivity contribution in [3.63, 3.8) is 0 Å². The normalized spacial score (nSPS) is 16.9. The number of nitrogens with one attached hydrogen (secondary N) is 1. The molecule has 1 amide bonds. The Hall–Kier alpha value is -3.46. The summed E-state index contributed by atoms with van der Waals surface area (Å²) in [7, 11) is 0. The molecule has 8 nitrogen and oxygen atoms in total. The Balaban J connectivity index is 1.67. The molecule has 0 radical (unpaired) electrons. The molecule has 32 heavy (non-hydrogen) atoms. The summed E-state index contributed by atoms with van der Waals surface area (Å²) in [6.07, 6.45) is 0.764. The molecule has 164 valence electrons. The maximum atomic E-state index is 11.5. The van der Waals surface area contributed by atoms with Crippen LogP contribution in [-0.2, 0) is 11.2 Å². The Labute approximate surface area is 189 Å². The van der Waals surface area contributed by atoms with Gasteiger partial charge in [0.1, 0.15) is 5.01 Å². The molecule has 0 fully saturated rings. The molecule has 1 atom stereocenters. The van der Waals surface area contributed by atoms with Gasteiger partial charge < -0.3 is 14.8 Å². The highest BCUT2D eigenvalue weighted by atomic mass is 32.1. The molecule has 3 aromatic rings. The van der Waals surface area contributed by atoms with Gasteiger partial charge >= 0.3 is 0 Å². The number of aryl methyl sites for hydroxylation is 2. The monoisotopic (exact) mass is 449 g/mol. The Bertz CT molecular complexity index is 1250. The predicted molar refractivity (Wildman–Crippen MR) is 124 cm³/mol. The average molecular weight is 450 g/mol. The minimum Gasteiger partial charge on any atom is -0.454 e. The molecule has 9 heteroatoms. The van der Waals surface area contributed by atoms with Gasteiger partial charge in [-0.15, -0.1) is 10.2 Å². The van der Waals surface area contributed by atoms with Crippen molar-refractivity contribution in [1.82, 2.24) is 10.2 Å². The zero-order chi connectivity index (χ0) is 22.4. The van der Waals surface area contributed by atoms with E-state index < -0.39 is 0 Å². The van der Waals surface area contributed by atoms with Crippen LogP contribution in [0.15, 0.2) is 35.4 Å². The molecular formula is C23H23N5O3S. The number of hydrogen-bond donors (Lipinski definition) is 1. The minimum atomic E-state index is -0.0997. The van der Waals surface area contributed by atoms with Gasteiger partial charge in [0, 0.05) is 23.7 Å². The van der Waals surface area contributed by atoms with Gasteiger partial charge in [0.05, 0.1) is 11.8 Å². The number of rotatable bonds is 3. The second-order valence-corrected chi connectivity index (χ2v) is 9.18. The topological polar surface area (TPSA) is 88.9 Å². The molecule has 0 bridgehead atoms. The van der Waals surface area contributed by atoms with Crippen molar-refractivity contribution >= 4 is 33.8 Å². The first kappa shape index (κ1) is 20.4. The molecule has 0 unspecified atom stereocenters. The van der Waals surface area contributed by atoms with Crippen molar-refractivity contribution in [1.29, 1.82) is 0 Å². The van der Waals surface area contributed by atoms with Crippen LogP contribution >= 0.6 is 11.3 Å². The fourth-order valence-electron chi connectivity index (χ4n) is 4.00. The van der Waals surface area contributed by atoms with Gasteiger partial charge in [0.15, 0.2) is 11.5 Å². The fraction of sp³-hybridized carbons (Fsp3) is 0.304. The molecule has 1 aromatic heterocycles. The summed E-state index contributed by atoms with van der Waals surface area (Å²) in [5.41, 5.74) is 5.62. The highest BCUT2D eigenvalue weighted by Crippen LogP contribution is 2.38. The van der Waals surface area contributed by atoms with Crippen LogP contribution in [0, 0.1) is 13.8 Å². The molecule has 3 heterocycles. The number of fused-ring (bicyclic) bond motifs is 2. The third-order valence-corrected chi connectivity index (χ3v) is 6.34. The Morgan fingerprint density at radius 2 is 1.94 bits per heavy atom. The maximum Gasteiger partial charge on any atom is 0.231 e. The van der Waals surface area contributed by atoms with Crippen molar-refractivity contribution < 1.29 is 14.3 Å². The van der Waals surface area contributed by atoms with Gasteiger partial charge in [-0.1, -0.05) is 17.4 Å². The van der Waals surface area contributed by atoms with Gasteiger partial charge in [0.25, 0.3) is 0 Å². The second-order valence-electron chi connectivity index (χ2n) is 8.02. The van der Waals surface area contributed by atoms with E-state index >= 15 is 0 Å². The van der Waals surface area contributed by atoms with Gasteiger partial charge in [0.2, 0.25) is 17.8 Å². The number of aromatic nitrogens is 2. The molecule has 2 aliphatic heterocycles. The van der Waals surface area contributed by atoms with Crippen LogP contribution in [0.5, 0.6) is 11.5 Å². The first-order valence-electron chi connectivity index (χ1n) is 10.4. The lowest BCUT2D eigenvalue weighted by Crippen LogP contribution is -2.29. The molecule has 5 rings (SSSR count). The summed E-state index contributed by atoms with van der Waals surface area (Å²) in [6.45, 7) is 7.77. The average Bonchev–Trinajstić information content (AvgIpc) is 3.35. The highest BCUT2D eigenvalue weighted by molar-refractivity contribution is 7.15. The van der Waals surface area contributed by atoms with Crippen molar-refractivity contribution in [2.75, 3.05) is 17.1 Å². The Morgan fingerprint density at radius 1 is 1.16 bits per heavy atom. The predicted octanol–water partition coefficient (Wildman–Crippen LogP) is 4.05. The third-order valence-electron chi connectivity index (χ3n) is 5.52. The molecule has 1 N–H and O–H groups in total. The molecule has 2 aromatic carbocycles. The van der Waals surface area contributed by atoms with E-state index in [0.717, 1.165) is 61.7 Å². The van der Waals surface area contributed by atoms with Crippen LogP contribution in [0.3, 0.4) is 0 Å². The molecule has 0 aliphatic carbocycles. The number of amides is 1. The summed E-state index contributed by atoms with van der Waals surface area (Å²) in [4.78, 5) is 11.5. The molecular weight excluding hydrogens is 426 g/mol. The second kappa shape index (κ2) is 7.90. The van der Waals surface area contributed by atoms with Gasteiger partial charge in [-0.2, -0.15) is 5.10 Å². The summed E-state index contributed by atoms with van der Waals surface area (Å²) in [5.74, 6) is 1.38. The summed E-state index contributed by atoms with van der Waals surface area (Å²) in [5, 5.41) is 20.1. The number of hydrogen-bond acceptors (Lipinski definition) is 8. The van der Waals surface area contributed by atoms with E-state index in [9.17, 15) is 4.79 Å². The molecule has 0 saturated heterocycles. The van der Waals surface area contributed by atoms with E-state index in [1.807, 2.05) is 43.1 Å². The van der Waals surface area contributed by atoms with Crippen LogP contribution < -0.4 is 19.8 Å². The molecule has 0 saturated carbocycles. The lowest BCUT2D eigenvalue weighted by atomic mass is 9.93. The van der Waals surface area contributed by atoms with E-state index in [1.54, 1.807) is 0 Å². The summed E-state index contributed by atoms with van der Waals surface area (Å²) >= 11 is 1.52. The van der Waals surface area contributed by atoms with Crippen LogP contribution in [-0.4, -0.2) is 34.7 Å². The van der Waals surface area contributed by atoms with Crippen molar-refractivity contribution in [3.05, 3.63) is 57.6 Å². The van der Waals surface area contributed by atoms with Crippen molar-refractivity contribution in [2.24, 2.45) is 5.10 Å². The molecule has 2 aliphatic rings. The zero-order valence-electron chi connectivity index (χ0n) is 18.3. The quantitative estimate of drug-likeness (QED) is 0.649. The third kappa shape index (κ3) is 3.69. The zero-order valence-corrected chi connectivity index (χ0v) is 19.1. The van der Waals surface area contributed by atoms with E-state index in [2.05, 4.69) is 28.5 Å². The largest absolute Gasteiger partial charge is 0.454 e. The van der Waals surface area contributed by atoms with Gasteiger partial charge in [-0.05, 0) is 62.6 Å². The number of hydrazone groups is 1. The number of anilines is 2. The number of nitrogens with zero attached hydrogens (tertiary/aromatic N) is 4. The van der Waals surface area contributed by atoms with Gasteiger partial charge in [-0.25, -0.2) is 5.01 Å². The smallest absolute Gasteiger partial charge is 0.231 e. The van der Waals surface area contributed by atoms with Crippen LogP contribution in [0.2, 0.25) is 0 Å². The lowest BCUT2D eigenvalue weighted by molar-refractivity contribution is -0.114. The first-order chi connectivity index (χ1) is 15.4. The number of benzene rings is 2. The summed E-state index contributed by atoms with van der Waals surface area (Å²) in [6, 6.07) is 10.1. The lowest BCUT2D eigenvalue weighted by Gasteiger charge is -2.22. The number of carbonyl (C=O) groups excluding carboxylic acids is 1. The van der Waals surface area contributed by atoms with Crippen LogP contribution in [0.25, 0.3) is 0 Å². The minimum absolute atomic E-state index is 0.0683. The van der Waals surface area contributed by atoms with Crippen LogP contribution in [0.4, 0.5) is 10.8 Å². The van der Waals surface area contributed by atoms with Crippen molar-refractivity contribution in [2.45, 2.75) is 40.2 Å². The van der Waals surface area contributed by atoms with E-state index in [-0.39, 0.29) is 18.7 Å². The Kier molecular flexibility index (Phi) is 5.05. The number of carbonyl (C=O) groups is 1. The van der Waals surface area contributed by atoms with Crippen molar-refractivity contribution in [3.8, 4) is 11.5 Å². The van der Waals surface area contributed by atoms with Crippen LogP contribution in [0.1, 0.15) is 41.1 Å². The highest BCUT2D eigenvalue weighted by Gasteiger charge is 2.29. The SMILES string of the molecule is CC(=O)Nc1ccc(C2=NN(c3nnc(C)s3)[C@H](C)Cc3cc4c(cc32)OCO4)cc1C. The fourth-order valence-corrected chi connectivity index (χ4v) is 4.74.